The summed E-state index contributed by atoms with van der Waals surface area (Å²) in [6.07, 6.45) is -0.545. The van der Waals surface area contributed by atoms with Crippen LogP contribution in [-0.2, 0) is 4.79 Å². The SMILES string of the molecule is COc1cc(C(=O)N[C@H](CC(=O)O)c2cc([N+](=O)[O-])ccc2Cl)cc(OC)c1OC. The number of carbonyl (C=O) groups is 2. The Morgan fingerprint density at radius 1 is 1.13 bits per heavy atom. The number of nitro benzene ring substituents is 1. The predicted octanol–water partition coefficient (Wildman–Crippen LogP) is 3.22. The molecule has 0 aromatic heterocycles. The number of nitrogens with zero attached hydrogens (tertiary/aromatic N) is 1. The van der Waals surface area contributed by atoms with E-state index >= 15 is 0 Å². The zero-order valence-electron chi connectivity index (χ0n) is 16.3. The first kappa shape index (κ1) is 22.8. The zero-order chi connectivity index (χ0) is 22.4. The van der Waals surface area contributed by atoms with Gasteiger partial charge >= 0.3 is 5.97 Å². The molecule has 0 unspecified atom stereocenters. The van der Waals surface area contributed by atoms with Crippen LogP contribution in [0.1, 0.15) is 28.4 Å². The third-order valence-electron chi connectivity index (χ3n) is 4.18. The maximum Gasteiger partial charge on any atom is 0.305 e. The van der Waals surface area contributed by atoms with Crippen molar-refractivity contribution in [3.63, 3.8) is 0 Å². The smallest absolute Gasteiger partial charge is 0.305 e. The van der Waals surface area contributed by atoms with Gasteiger partial charge in [0, 0.05) is 28.3 Å². The molecule has 0 aliphatic heterocycles. The molecular formula is C19H19ClN2O8. The lowest BCUT2D eigenvalue weighted by Gasteiger charge is -2.20. The molecule has 1 atom stereocenters. The summed E-state index contributed by atoms with van der Waals surface area (Å²) in [6, 6.07) is 5.25. The fourth-order valence-corrected chi connectivity index (χ4v) is 3.03. The number of aliphatic carboxylic acids is 1. The van der Waals surface area contributed by atoms with Crippen LogP contribution >= 0.6 is 11.6 Å². The number of ether oxygens (including phenoxy) is 3. The van der Waals surface area contributed by atoms with Crippen molar-refractivity contribution in [1.29, 1.82) is 0 Å². The molecule has 0 aliphatic rings. The van der Waals surface area contributed by atoms with Crippen LogP contribution < -0.4 is 19.5 Å². The minimum Gasteiger partial charge on any atom is -0.493 e. The van der Waals surface area contributed by atoms with Crippen LogP contribution in [0.5, 0.6) is 17.2 Å². The largest absolute Gasteiger partial charge is 0.493 e. The number of hydrogen-bond acceptors (Lipinski definition) is 7. The summed E-state index contributed by atoms with van der Waals surface area (Å²) >= 11 is 6.12. The minimum atomic E-state index is -1.23. The number of halogens is 1. The second kappa shape index (κ2) is 9.79. The Bertz CT molecular complexity index is 954. The highest BCUT2D eigenvalue weighted by Gasteiger charge is 2.25. The molecule has 2 aromatic carbocycles. The molecule has 2 aromatic rings. The van der Waals surface area contributed by atoms with Crippen LogP contribution in [-0.4, -0.2) is 43.2 Å². The van der Waals surface area contributed by atoms with Gasteiger partial charge in [0.1, 0.15) is 0 Å². The highest BCUT2D eigenvalue weighted by atomic mass is 35.5. The lowest BCUT2D eigenvalue weighted by atomic mass is 10.0. The lowest BCUT2D eigenvalue weighted by molar-refractivity contribution is -0.384. The van der Waals surface area contributed by atoms with Gasteiger partial charge in [0.25, 0.3) is 11.6 Å². The molecule has 30 heavy (non-hydrogen) atoms. The van der Waals surface area contributed by atoms with Crippen molar-refractivity contribution < 1.29 is 33.8 Å². The van der Waals surface area contributed by atoms with Crippen LogP contribution in [0.3, 0.4) is 0 Å². The minimum absolute atomic E-state index is 0.0806. The summed E-state index contributed by atoms with van der Waals surface area (Å²) in [5, 5.41) is 22.9. The Morgan fingerprint density at radius 2 is 1.73 bits per heavy atom. The van der Waals surface area contributed by atoms with E-state index in [0.29, 0.717) is 0 Å². The summed E-state index contributed by atoms with van der Waals surface area (Å²) in [5.74, 6) is -1.16. The molecule has 0 saturated carbocycles. The summed E-state index contributed by atoms with van der Waals surface area (Å²) in [7, 11) is 4.18. The Balaban J connectivity index is 2.45. The first-order valence-electron chi connectivity index (χ1n) is 8.48. The molecular weight excluding hydrogens is 420 g/mol. The summed E-state index contributed by atoms with van der Waals surface area (Å²) in [6.45, 7) is 0. The van der Waals surface area contributed by atoms with Gasteiger partial charge < -0.3 is 24.6 Å². The molecule has 0 spiro atoms. The van der Waals surface area contributed by atoms with E-state index in [9.17, 15) is 24.8 Å². The van der Waals surface area contributed by atoms with Gasteiger partial charge in [-0.25, -0.2) is 0 Å². The van der Waals surface area contributed by atoms with Gasteiger partial charge in [0.15, 0.2) is 11.5 Å². The van der Waals surface area contributed by atoms with E-state index in [1.54, 1.807) is 0 Å². The maximum absolute atomic E-state index is 12.8. The highest BCUT2D eigenvalue weighted by molar-refractivity contribution is 6.31. The standard InChI is InChI=1S/C19H19ClN2O8/c1-28-15-6-10(7-16(29-2)18(15)30-3)19(25)21-14(9-17(23)24)12-8-11(22(26)27)4-5-13(12)20/h4-8,14H,9H2,1-3H3,(H,21,25)(H,23,24)/t14-/m1/s1. The third-order valence-corrected chi connectivity index (χ3v) is 4.52. The number of non-ortho nitro benzene ring substituents is 1. The number of nitrogens with one attached hydrogen (secondary N) is 1. The third kappa shape index (κ3) is 5.09. The monoisotopic (exact) mass is 438 g/mol. The predicted molar refractivity (Wildman–Crippen MR) is 107 cm³/mol. The van der Waals surface area contributed by atoms with Crippen molar-refractivity contribution in [2.45, 2.75) is 12.5 Å². The van der Waals surface area contributed by atoms with Gasteiger partial charge in [-0.2, -0.15) is 0 Å². The van der Waals surface area contributed by atoms with Crippen LogP contribution in [0, 0.1) is 10.1 Å². The average Bonchev–Trinajstić information content (AvgIpc) is 2.71. The number of rotatable bonds is 9. The lowest BCUT2D eigenvalue weighted by Crippen LogP contribution is -2.30. The van der Waals surface area contributed by atoms with E-state index in [1.807, 2.05) is 0 Å². The molecule has 2 N–H and O–H groups in total. The fourth-order valence-electron chi connectivity index (χ4n) is 2.78. The number of carboxylic acid groups (broad SMARTS) is 1. The number of carboxylic acids is 1. The molecule has 2 rings (SSSR count). The molecule has 0 saturated heterocycles. The molecule has 0 heterocycles. The van der Waals surface area contributed by atoms with Crippen molar-refractivity contribution in [2.75, 3.05) is 21.3 Å². The van der Waals surface area contributed by atoms with E-state index in [4.69, 9.17) is 25.8 Å². The van der Waals surface area contributed by atoms with Gasteiger partial charge in [-0.15, -0.1) is 0 Å². The molecule has 10 nitrogen and oxygen atoms in total. The molecule has 0 radical (unpaired) electrons. The van der Waals surface area contributed by atoms with E-state index in [0.717, 1.165) is 6.07 Å². The number of nitro groups is 1. The summed E-state index contributed by atoms with van der Waals surface area (Å²) in [5.41, 5.74) is -0.0812. The first-order valence-corrected chi connectivity index (χ1v) is 8.86. The topological polar surface area (TPSA) is 137 Å². The maximum atomic E-state index is 12.8. The van der Waals surface area contributed by atoms with Gasteiger partial charge in [0.05, 0.1) is 38.7 Å². The van der Waals surface area contributed by atoms with E-state index < -0.39 is 29.3 Å². The normalized spacial score (nSPS) is 11.3. The Morgan fingerprint density at radius 3 is 2.20 bits per heavy atom. The first-order chi connectivity index (χ1) is 14.2. The van der Waals surface area contributed by atoms with Crippen LogP contribution in [0.15, 0.2) is 30.3 Å². The fraction of sp³-hybridized carbons (Fsp3) is 0.263. The van der Waals surface area contributed by atoms with Crippen LogP contribution in [0.4, 0.5) is 5.69 Å². The van der Waals surface area contributed by atoms with Gasteiger partial charge in [-0.1, -0.05) is 11.6 Å². The molecule has 0 bridgehead atoms. The van der Waals surface area contributed by atoms with Gasteiger partial charge in [0.2, 0.25) is 5.75 Å². The Labute approximate surface area is 176 Å². The summed E-state index contributed by atoms with van der Waals surface area (Å²) in [4.78, 5) is 34.6. The molecule has 11 heteroatoms. The van der Waals surface area contributed by atoms with Crippen LogP contribution in [0.25, 0.3) is 0 Å². The van der Waals surface area contributed by atoms with Crippen LogP contribution in [0.2, 0.25) is 5.02 Å². The van der Waals surface area contributed by atoms with E-state index in [2.05, 4.69) is 5.32 Å². The molecule has 1 amide bonds. The van der Waals surface area contributed by atoms with Crippen molar-refractivity contribution in [2.24, 2.45) is 0 Å². The molecule has 0 aliphatic carbocycles. The zero-order valence-corrected chi connectivity index (χ0v) is 17.1. The average molecular weight is 439 g/mol. The number of amides is 1. The van der Waals surface area contributed by atoms with Gasteiger partial charge in [-0.05, 0) is 18.2 Å². The second-order valence-corrected chi connectivity index (χ2v) is 6.41. The molecule has 160 valence electrons. The van der Waals surface area contributed by atoms with E-state index in [1.165, 1.54) is 45.6 Å². The number of hydrogen-bond donors (Lipinski definition) is 2. The summed E-state index contributed by atoms with van der Waals surface area (Å²) < 4.78 is 15.6. The highest BCUT2D eigenvalue weighted by Crippen LogP contribution is 2.38. The van der Waals surface area contributed by atoms with Crippen molar-refractivity contribution in [3.05, 3.63) is 56.6 Å². The van der Waals surface area contributed by atoms with Crippen molar-refractivity contribution in [3.8, 4) is 17.2 Å². The number of methoxy groups -OCH3 is 3. The number of carbonyl (C=O) groups excluding carboxylic acids is 1. The van der Waals surface area contributed by atoms with Crippen molar-refractivity contribution >= 4 is 29.2 Å². The quantitative estimate of drug-likeness (QED) is 0.449. The van der Waals surface area contributed by atoms with Crippen molar-refractivity contribution in [1.82, 2.24) is 5.32 Å². The Kier molecular flexibility index (Phi) is 7.43. The van der Waals surface area contributed by atoms with Gasteiger partial charge in [-0.3, -0.25) is 19.7 Å². The number of benzene rings is 2. The molecule has 0 fully saturated rings. The van der Waals surface area contributed by atoms with E-state index in [-0.39, 0.29) is 39.1 Å². The second-order valence-electron chi connectivity index (χ2n) is 6.00. The Hall–Kier alpha value is -3.53.